The molecule has 57 heavy (non-hydrogen) atoms. The molecule has 4 rings (SSSR count). The van der Waals surface area contributed by atoms with Gasteiger partial charge in [0.15, 0.2) is 11.6 Å². The summed E-state index contributed by atoms with van der Waals surface area (Å²) < 4.78 is 4.42. The minimum atomic E-state index is -1.15. The molecule has 4 amide bonds. The SMILES string of the molecule is CC.CC.CI.COC(=O)/C=C\C(=O)CCC1CCC(C(=O)ON2C(=O)CCC2=O)CC1.O=C(O)/C=C\C(=O)CCC1CCC(C(=O)ON2C(=O)CCC2=O)CC1. The summed E-state index contributed by atoms with van der Waals surface area (Å²) in [7, 11) is 1.25. The van der Waals surface area contributed by atoms with Crippen LogP contribution in [0.5, 0.6) is 0 Å². The Morgan fingerprint density at radius 3 is 1.19 bits per heavy atom. The highest BCUT2D eigenvalue weighted by Gasteiger charge is 2.37. The molecule has 0 aromatic heterocycles. The molecule has 0 spiro atoms. The normalized spacial score (nSPS) is 21.5. The number of hydrogen-bond donors (Lipinski definition) is 1. The first-order chi connectivity index (χ1) is 27.3. The number of esters is 1. The van der Waals surface area contributed by atoms with E-state index in [4.69, 9.17) is 14.8 Å². The maximum atomic E-state index is 12.1. The number of methoxy groups -OCH3 is 1. The minimum Gasteiger partial charge on any atom is -0.478 e. The topological polar surface area (TPSA) is 225 Å². The van der Waals surface area contributed by atoms with Gasteiger partial charge in [-0.1, -0.05) is 50.3 Å². The Morgan fingerprint density at radius 2 is 0.895 bits per heavy atom. The first kappa shape index (κ1) is 52.7. The highest BCUT2D eigenvalue weighted by atomic mass is 127. The number of hydrogen-bond acceptors (Lipinski definition) is 13. The quantitative estimate of drug-likeness (QED) is 0.0697. The largest absolute Gasteiger partial charge is 0.478 e. The van der Waals surface area contributed by atoms with Crippen LogP contribution in [-0.2, 0) is 62.4 Å². The Balaban J connectivity index is 0.000000973. The number of carbonyl (C=O) groups is 10. The number of ketones is 2. The van der Waals surface area contributed by atoms with Crippen molar-refractivity contribution in [3.05, 3.63) is 24.3 Å². The van der Waals surface area contributed by atoms with Crippen molar-refractivity contribution in [3.8, 4) is 0 Å². The van der Waals surface area contributed by atoms with Gasteiger partial charge < -0.3 is 19.5 Å². The third kappa shape index (κ3) is 20.1. The molecule has 2 heterocycles. The van der Waals surface area contributed by atoms with Crippen LogP contribution < -0.4 is 0 Å². The molecular weight excluding hydrogens is 859 g/mol. The van der Waals surface area contributed by atoms with Crippen LogP contribution in [0.15, 0.2) is 24.3 Å². The molecule has 17 heteroatoms. The summed E-state index contributed by atoms with van der Waals surface area (Å²) in [4.78, 5) is 126. The average Bonchev–Trinajstić information content (AvgIpc) is 3.73. The maximum absolute atomic E-state index is 12.1. The zero-order valence-corrected chi connectivity index (χ0v) is 36.1. The van der Waals surface area contributed by atoms with Gasteiger partial charge in [-0.25, -0.2) is 19.2 Å². The molecule has 2 aliphatic heterocycles. The van der Waals surface area contributed by atoms with Gasteiger partial charge in [0.2, 0.25) is 0 Å². The molecule has 0 unspecified atom stereocenters. The molecule has 1 N–H and O–H groups in total. The third-order valence-electron chi connectivity index (χ3n) is 9.35. The van der Waals surface area contributed by atoms with Crippen molar-refractivity contribution in [2.24, 2.45) is 23.7 Å². The number of carbonyl (C=O) groups excluding carboxylic acids is 9. The fourth-order valence-corrected chi connectivity index (χ4v) is 6.27. The molecule has 0 aromatic rings. The van der Waals surface area contributed by atoms with Gasteiger partial charge in [0.1, 0.15) is 0 Å². The number of nitrogens with zero attached hydrogens (tertiary/aromatic N) is 2. The fourth-order valence-electron chi connectivity index (χ4n) is 6.27. The molecule has 2 saturated carbocycles. The predicted octanol–water partition coefficient (Wildman–Crippen LogP) is 5.97. The van der Waals surface area contributed by atoms with Crippen molar-refractivity contribution in [3.63, 3.8) is 0 Å². The number of carboxylic acids is 1. The van der Waals surface area contributed by atoms with Gasteiger partial charge in [-0.2, -0.15) is 0 Å². The molecule has 2 aliphatic carbocycles. The van der Waals surface area contributed by atoms with Crippen LogP contribution in [0.25, 0.3) is 0 Å². The molecule has 0 radical (unpaired) electrons. The first-order valence-corrected chi connectivity index (χ1v) is 21.7. The molecule has 0 aromatic carbocycles. The van der Waals surface area contributed by atoms with Crippen molar-refractivity contribution in [2.45, 2.75) is 130 Å². The zero-order valence-electron chi connectivity index (χ0n) is 34.0. The number of allylic oxidation sites excluding steroid dienone is 2. The second-order valence-corrected chi connectivity index (χ2v) is 13.0. The Bertz CT molecular complexity index is 1410. The molecule has 4 aliphatic rings. The van der Waals surface area contributed by atoms with Gasteiger partial charge in [0.05, 0.1) is 18.9 Å². The van der Waals surface area contributed by atoms with Crippen LogP contribution in [0.1, 0.15) is 130 Å². The number of alkyl halides is 1. The van der Waals surface area contributed by atoms with Crippen LogP contribution in [-0.4, -0.2) is 86.3 Å². The number of halogens is 1. The average molecular weight is 919 g/mol. The van der Waals surface area contributed by atoms with E-state index in [2.05, 4.69) is 27.3 Å². The summed E-state index contributed by atoms with van der Waals surface area (Å²) in [5.74, 6) is -5.15. The molecule has 0 atom stereocenters. The monoisotopic (exact) mass is 918 g/mol. The van der Waals surface area contributed by atoms with E-state index in [0.29, 0.717) is 66.9 Å². The van der Waals surface area contributed by atoms with Crippen LogP contribution in [0.4, 0.5) is 0 Å². The van der Waals surface area contributed by atoms with Gasteiger partial charge in [0.25, 0.3) is 23.6 Å². The van der Waals surface area contributed by atoms with Gasteiger partial charge in [-0.3, -0.25) is 28.8 Å². The zero-order chi connectivity index (χ0) is 43.5. The number of rotatable bonds is 14. The van der Waals surface area contributed by atoms with E-state index < -0.39 is 47.5 Å². The van der Waals surface area contributed by atoms with Crippen molar-refractivity contribution in [1.29, 1.82) is 0 Å². The van der Waals surface area contributed by atoms with Crippen LogP contribution in [0.3, 0.4) is 0 Å². The fraction of sp³-hybridized carbons (Fsp3) is 0.650. The maximum Gasteiger partial charge on any atom is 0.336 e. The molecule has 4 fully saturated rings. The second kappa shape index (κ2) is 29.9. The van der Waals surface area contributed by atoms with E-state index in [1.165, 1.54) is 13.2 Å². The summed E-state index contributed by atoms with van der Waals surface area (Å²) in [5.41, 5.74) is 0. The number of carboxylic acid groups (broad SMARTS) is 1. The third-order valence-corrected chi connectivity index (χ3v) is 9.35. The summed E-state index contributed by atoms with van der Waals surface area (Å²) in [6, 6.07) is 0. The molecule has 2 saturated heterocycles. The minimum absolute atomic E-state index is 0.0726. The summed E-state index contributed by atoms with van der Waals surface area (Å²) in [6.45, 7) is 8.00. The van der Waals surface area contributed by atoms with E-state index >= 15 is 0 Å². The standard InChI is InChI=1S/C18H23NO7.C17H21NO7.2C2H6.CH3I/c1-25-17(23)11-8-14(20)7-4-12-2-5-13(6-3-12)18(24)26-19-15(21)9-10-16(19)22;19-13(7-10-16(22)23)6-3-11-1-4-12(5-2-11)17(24)25-18-14(20)8-9-15(18)21;3*1-2/h8,11-13H,2-7,9-10H2,1H3;7,10-12H,1-6,8-9H2,(H,22,23);2*1-2H3;1H3/b11-8-;10-7-;;;. The number of imide groups is 2. The summed E-state index contributed by atoms with van der Waals surface area (Å²) >= 11 is 2.15. The lowest BCUT2D eigenvalue weighted by molar-refractivity contribution is -0.201. The second-order valence-electron chi connectivity index (χ2n) is 13.0. The van der Waals surface area contributed by atoms with Crippen molar-refractivity contribution in [1.82, 2.24) is 10.1 Å². The van der Waals surface area contributed by atoms with Crippen molar-refractivity contribution < 1.29 is 67.5 Å². The summed E-state index contributed by atoms with van der Waals surface area (Å²) in [6.07, 6.45) is 11.9. The van der Waals surface area contributed by atoms with Gasteiger partial charge in [-0.15, -0.1) is 10.1 Å². The Labute approximate surface area is 348 Å². The van der Waals surface area contributed by atoms with Crippen molar-refractivity contribution in [2.75, 3.05) is 12.0 Å². The first-order valence-electron chi connectivity index (χ1n) is 19.5. The Morgan fingerprint density at radius 1 is 0.579 bits per heavy atom. The van der Waals surface area contributed by atoms with Crippen LogP contribution in [0.2, 0.25) is 0 Å². The highest BCUT2D eigenvalue weighted by Crippen LogP contribution is 2.34. The number of hydroxylamine groups is 4. The van der Waals surface area contributed by atoms with E-state index in [0.717, 1.165) is 43.9 Å². The summed E-state index contributed by atoms with van der Waals surface area (Å²) in [5, 5.41) is 9.62. The van der Waals surface area contributed by atoms with Gasteiger partial charge in [-0.05, 0) is 93.1 Å². The Kier molecular flexibility index (Phi) is 27.6. The lowest BCUT2D eigenvalue weighted by Crippen LogP contribution is -2.35. The van der Waals surface area contributed by atoms with Crippen LogP contribution in [0, 0.1) is 23.7 Å². The molecular formula is C40H59IN2O14. The van der Waals surface area contributed by atoms with Gasteiger partial charge in [0, 0.05) is 50.7 Å². The van der Waals surface area contributed by atoms with E-state index in [1.807, 2.05) is 32.6 Å². The number of ether oxygens (including phenoxy) is 1. The predicted molar refractivity (Wildman–Crippen MR) is 214 cm³/mol. The van der Waals surface area contributed by atoms with Crippen molar-refractivity contribution >= 4 is 81.7 Å². The molecule has 16 nitrogen and oxygen atoms in total. The molecule has 320 valence electrons. The van der Waals surface area contributed by atoms with Crippen LogP contribution >= 0.6 is 22.6 Å². The number of amides is 4. The molecule has 0 bridgehead atoms. The lowest BCUT2D eigenvalue weighted by atomic mass is 9.80. The highest BCUT2D eigenvalue weighted by molar-refractivity contribution is 14.1. The Hall–Kier alpha value is -4.29. The number of aliphatic carboxylic acids is 1. The van der Waals surface area contributed by atoms with Gasteiger partial charge >= 0.3 is 23.9 Å². The lowest BCUT2D eigenvalue weighted by Gasteiger charge is -2.27. The van der Waals surface area contributed by atoms with E-state index in [9.17, 15) is 47.9 Å². The van der Waals surface area contributed by atoms with E-state index in [1.54, 1.807) is 0 Å². The van der Waals surface area contributed by atoms with E-state index in [-0.39, 0.29) is 55.5 Å². The smallest absolute Gasteiger partial charge is 0.336 e.